The molecule has 0 unspecified atom stereocenters. The lowest BCUT2D eigenvalue weighted by molar-refractivity contribution is 0.0723. The van der Waals surface area contributed by atoms with Crippen molar-refractivity contribution in [2.24, 2.45) is 5.92 Å². The minimum absolute atomic E-state index is 0.156. The Labute approximate surface area is 139 Å². The minimum Gasteiger partial charge on any atom is -0.381 e. The SMILES string of the molecule is C[C@H](CNS(=O)(=O)CC1CCOCC1)N1CCc2ccccc21. The van der Waals surface area contributed by atoms with Gasteiger partial charge in [0.2, 0.25) is 10.0 Å². The van der Waals surface area contributed by atoms with E-state index in [4.69, 9.17) is 4.74 Å². The Bertz CT molecular complexity index is 626. The van der Waals surface area contributed by atoms with Gasteiger partial charge in [0.1, 0.15) is 0 Å². The summed E-state index contributed by atoms with van der Waals surface area (Å²) in [5.41, 5.74) is 2.59. The van der Waals surface area contributed by atoms with E-state index in [1.54, 1.807) is 0 Å². The fourth-order valence-electron chi connectivity index (χ4n) is 3.46. The molecule has 1 saturated heterocycles. The van der Waals surface area contributed by atoms with Gasteiger partial charge in [0.05, 0.1) is 5.75 Å². The molecule has 6 heteroatoms. The van der Waals surface area contributed by atoms with Crippen molar-refractivity contribution in [1.29, 1.82) is 0 Å². The molecule has 2 aliphatic heterocycles. The molecule has 0 bridgehead atoms. The smallest absolute Gasteiger partial charge is 0.211 e. The second kappa shape index (κ2) is 7.20. The van der Waals surface area contributed by atoms with E-state index >= 15 is 0 Å². The molecule has 1 aromatic carbocycles. The third-order valence-corrected chi connectivity index (χ3v) is 6.37. The topological polar surface area (TPSA) is 58.6 Å². The van der Waals surface area contributed by atoms with Crippen molar-refractivity contribution in [2.45, 2.75) is 32.2 Å². The average Bonchev–Trinajstić information content (AvgIpc) is 2.97. The lowest BCUT2D eigenvalue weighted by Gasteiger charge is -2.28. The molecule has 1 aromatic rings. The van der Waals surface area contributed by atoms with E-state index in [-0.39, 0.29) is 17.7 Å². The van der Waals surface area contributed by atoms with Gasteiger partial charge in [-0.05, 0) is 43.7 Å². The van der Waals surface area contributed by atoms with Crippen LogP contribution in [0.2, 0.25) is 0 Å². The van der Waals surface area contributed by atoms with Crippen LogP contribution in [0.1, 0.15) is 25.3 Å². The Morgan fingerprint density at radius 2 is 2.04 bits per heavy atom. The zero-order valence-electron chi connectivity index (χ0n) is 13.7. The standard InChI is InChI=1S/C17H26N2O3S/c1-14(19-9-6-16-4-2-3-5-17(16)19)12-18-23(20,21)13-15-7-10-22-11-8-15/h2-5,14-15,18H,6-13H2,1H3/t14-/m1/s1. The van der Waals surface area contributed by atoms with Crippen molar-refractivity contribution in [3.8, 4) is 0 Å². The Hall–Kier alpha value is -1.11. The van der Waals surface area contributed by atoms with Crippen LogP contribution >= 0.6 is 0 Å². The molecule has 0 spiro atoms. The lowest BCUT2D eigenvalue weighted by Crippen LogP contribution is -2.43. The number of hydrogen-bond acceptors (Lipinski definition) is 4. The van der Waals surface area contributed by atoms with Crippen LogP contribution in [0.5, 0.6) is 0 Å². The summed E-state index contributed by atoms with van der Waals surface area (Å²) in [4.78, 5) is 2.30. The molecule has 5 nitrogen and oxygen atoms in total. The van der Waals surface area contributed by atoms with E-state index in [0.717, 1.165) is 25.8 Å². The first-order chi connectivity index (χ1) is 11.1. The molecule has 0 saturated carbocycles. The molecule has 2 heterocycles. The molecule has 23 heavy (non-hydrogen) atoms. The number of nitrogens with one attached hydrogen (secondary N) is 1. The van der Waals surface area contributed by atoms with Gasteiger partial charge in [0.15, 0.2) is 0 Å². The van der Waals surface area contributed by atoms with Crippen LogP contribution in [0, 0.1) is 5.92 Å². The summed E-state index contributed by atoms with van der Waals surface area (Å²) in [6.07, 6.45) is 2.72. The molecule has 0 aromatic heterocycles. The van der Waals surface area contributed by atoms with Gasteiger partial charge in [-0.1, -0.05) is 18.2 Å². The second-order valence-electron chi connectivity index (χ2n) is 6.61. The molecular formula is C17H26N2O3S. The maximum absolute atomic E-state index is 12.3. The van der Waals surface area contributed by atoms with Crippen molar-refractivity contribution in [3.63, 3.8) is 0 Å². The third kappa shape index (κ3) is 4.25. The summed E-state index contributed by atoms with van der Waals surface area (Å²) in [5.74, 6) is 0.448. The van der Waals surface area contributed by atoms with E-state index in [1.165, 1.54) is 11.3 Å². The maximum atomic E-state index is 12.3. The zero-order valence-corrected chi connectivity index (χ0v) is 14.5. The number of hydrogen-bond donors (Lipinski definition) is 1. The molecule has 1 N–H and O–H groups in total. The quantitative estimate of drug-likeness (QED) is 0.859. The average molecular weight is 338 g/mol. The van der Waals surface area contributed by atoms with Gasteiger partial charge in [0.25, 0.3) is 0 Å². The summed E-state index contributed by atoms with van der Waals surface area (Å²) in [5, 5.41) is 0. The molecule has 0 radical (unpaired) electrons. The van der Waals surface area contributed by atoms with E-state index in [0.29, 0.717) is 19.8 Å². The zero-order chi connectivity index (χ0) is 16.3. The summed E-state index contributed by atoms with van der Waals surface area (Å²) in [7, 11) is -3.22. The first-order valence-corrected chi connectivity index (χ1v) is 10.1. The number of fused-ring (bicyclic) bond motifs is 1. The number of benzene rings is 1. The molecule has 1 atom stereocenters. The molecule has 1 fully saturated rings. The highest BCUT2D eigenvalue weighted by molar-refractivity contribution is 7.89. The fourth-order valence-corrected chi connectivity index (χ4v) is 5.03. The summed E-state index contributed by atoms with van der Waals surface area (Å²) < 4.78 is 32.7. The van der Waals surface area contributed by atoms with Crippen LogP contribution in [0.3, 0.4) is 0 Å². The Morgan fingerprint density at radius 1 is 1.30 bits per heavy atom. The largest absolute Gasteiger partial charge is 0.381 e. The predicted molar refractivity (Wildman–Crippen MR) is 92.3 cm³/mol. The van der Waals surface area contributed by atoms with E-state index < -0.39 is 10.0 Å². The number of ether oxygens (including phenoxy) is 1. The van der Waals surface area contributed by atoms with E-state index in [2.05, 4.69) is 34.7 Å². The number of rotatable bonds is 6. The highest BCUT2D eigenvalue weighted by Crippen LogP contribution is 2.29. The highest BCUT2D eigenvalue weighted by atomic mass is 32.2. The van der Waals surface area contributed by atoms with Crippen LogP contribution in [0.4, 0.5) is 5.69 Å². The van der Waals surface area contributed by atoms with Gasteiger partial charge >= 0.3 is 0 Å². The molecule has 0 aliphatic carbocycles. The summed E-state index contributed by atoms with van der Waals surface area (Å²) in [6.45, 7) is 4.86. The van der Waals surface area contributed by atoms with Crippen LogP contribution in [0.25, 0.3) is 0 Å². The fraction of sp³-hybridized carbons (Fsp3) is 0.647. The van der Waals surface area contributed by atoms with Crippen LogP contribution < -0.4 is 9.62 Å². The Balaban J connectivity index is 1.53. The van der Waals surface area contributed by atoms with Crippen LogP contribution in [0.15, 0.2) is 24.3 Å². The summed E-state index contributed by atoms with van der Waals surface area (Å²) in [6, 6.07) is 8.53. The van der Waals surface area contributed by atoms with Crippen molar-refractivity contribution < 1.29 is 13.2 Å². The van der Waals surface area contributed by atoms with Gasteiger partial charge in [-0.2, -0.15) is 0 Å². The molecule has 128 valence electrons. The number of para-hydroxylation sites is 1. The minimum atomic E-state index is -3.22. The molecule has 3 rings (SSSR count). The highest BCUT2D eigenvalue weighted by Gasteiger charge is 2.25. The number of anilines is 1. The Morgan fingerprint density at radius 3 is 2.83 bits per heavy atom. The van der Waals surface area contributed by atoms with E-state index in [9.17, 15) is 8.42 Å². The van der Waals surface area contributed by atoms with E-state index in [1.807, 2.05) is 6.07 Å². The summed E-state index contributed by atoms with van der Waals surface area (Å²) >= 11 is 0. The third-order valence-electron chi connectivity index (χ3n) is 4.85. The molecule has 0 amide bonds. The van der Waals surface area contributed by atoms with Crippen molar-refractivity contribution in [1.82, 2.24) is 4.72 Å². The van der Waals surface area contributed by atoms with Crippen molar-refractivity contribution in [3.05, 3.63) is 29.8 Å². The first-order valence-electron chi connectivity index (χ1n) is 8.45. The van der Waals surface area contributed by atoms with Crippen molar-refractivity contribution in [2.75, 3.05) is 37.0 Å². The van der Waals surface area contributed by atoms with Gasteiger partial charge < -0.3 is 9.64 Å². The second-order valence-corrected chi connectivity index (χ2v) is 8.46. The van der Waals surface area contributed by atoms with Gasteiger partial charge in [-0.3, -0.25) is 0 Å². The van der Waals surface area contributed by atoms with Crippen molar-refractivity contribution >= 4 is 15.7 Å². The van der Waals surface area contributed by atoms with Gasteiger partial charge in [0, 0.05) is 38.0 Å². The lowest BCUT2D eigenvalue weighted by atomic mass is 10.0. The monoisotopic (exact) mass is 338 g/mol. The van der Waals surface area contributed by atoms with Gasteiger partial charge in [-0.15, -0.1) is 0 Å². The van der Waals surface area contributed by atoms with Crippen LogP contribution in [-0.2, 0) is 21.2 Å². The molecule has 2 aliphatic rings. The maximum Gasteiger partial charge on any atom is 0.211 e. The Kier molecular flexibility index (Phi) is 5.24. The predicted octanol–water partition coefficient (Wildman–Crippen LogP) is 1.78. The number of nitrogens with zero attached hydrogens (tertiary/aromatic N) is 1. The molecular weight excluding hydrogens is 312 g/mol. The first kappa shape index (κ1) is 16.7. The van der Waals surface area contributed by atoms with Crippen LogP contribution in [-0.4, -0.2) is 46.5 Å². The van der Waals surface area contributed by atoms with Gasteiger partial charge in [-0.25, -0.2) is 13.1 Å². The normalized spacial score (nSPS) is 20.5. The number of sulfonamides is 1.